The third kappa shape index (κ3) is 8.58. The lowest BCUT2D eigenvalue weighted by molar-refractivity contribution is 0.120. The van der Waals surface area contributed by atoms with Crippen molar-refractivity contribution >= 4 is 29.9 Å². The Balaban J connectivity index is 0.00000338. The van der Waals surface area contributed by atoms with Crippen LogP contribution in [-0.2, 0) is 6.54 Å². The maximum Gasteiger partial charge on any atom is 0.191 e. The molecule has 0 saturated heterocycles. The van der Waals surface area contributed by atoms with Gasteiger partial charge in [0.2, 0.25) is 0 Å². The lowest BCUT2D eigenvalue weighted by Gasteiger charge is -2.27. The molecule has 1 fully saturated rings. The maximum absolute atomic E-state index is 9.62. The van der Waals surface area contributed by atoms with E-state index in [1.54, 1.807) is 0 Å². The summed E-state index contributed by atoms with van der Waals surface area (Å²) in [5, 5.41) is 16.4. The number of benzene rings is 1. The third-order valence-corrected chi connectivity index (χ3v) is 4.31. The van der Waals surface area contributed by atoms with Crippen LogP contribution in [0.3, 0.4) is 0 Å². The van der Waals surface area contributed by atoms with Gasteiger partial charge in [0.15, 0.2) is 5.96 Å². The number of aliphatic hydroxyl groups excluding tert-OH is 1. The number of aliphatic imine (C=N–C) groups is 1. The smallest absolute Gasteiger partial charge is 0.191 e. The predicted octanol–water partition coefficient (Wildman–Crippen LogP) is 3.70. The average molecular weight is 475 g/mol. The number of ether oxygens (including phenoxy) is 1. The molecule has 1 aromatic carbocycles. The fourth-order valence-corrected chi connectivity index (χ4v) is 2.86. The number of nitrogens with zero attached hydrogens (tertiary/aromatic N) is 1. The van der Waals surface area contributed by atoms with Gasteiger partial charge >= 0.3 is 0 Å². The Bertz CT molecular complexity index is 526. The molecule has 0 spiro atoms. The Morgan fingerprint density at radius 1 is 1.19 bits per heavy atom. The van der Waals surface area contributed by atoms with Crippen LogP contribution in [0.2, 0.25) is 0 Å². The molecular formula is C20H34IN3O2. The van der Waals surface area contributed by atoms with Gasteiger partial charge < -0.3 is 20.5 Å². The van der Waals surface area contributed by atoms with Crippen molar-refractivity contribution in [2.75, 3.05) is 13.2 Å². The van der Waals surface area contributed by atoms with Crippen LogP contribution in [0, 0.1) is 5.92 Å². The first-order chi connectivity index (χ1) is 12.1. The standard InChI is InChI=1S/C20H33N3O2.HI/c1-4-21-20(23-17-7-9-18(24)10-8-17)22-13-16-5-11-19(12-6-16)25-14-15(2)3;/h5-6,11-12,15,17-18,24H,4,7-10,13-14H2,1-3H3,(H2,21,22,23);1H. The van der Waals surface area contributed by atoms with Gasteiger partial charge in [-0.25, -0.2) is 4.99 Å². The Morgan fingerprint density at radius 2 is 1.85 bits per heavy atom. The van der Waals surface area contributed by atoms with E-state index in [9.17, 15) is 5.11 Å². The van der Waals surface area contributed by atoms with Crippen LogP contribution in [0.15, 0.2) is 29.3 Å². The SMILES string of the molecule is CCNC(=NCc1ccc(OCC(C)C)cc1)NC1CCC(O)CC1.I. The molecule has 5 nitrogen and oxygen atoms in total. The van der Waals surface area contributed by atoms with Crippen LogP contribution in [0.25, 0.3) is 0 Å². The second-order valence-corrected chi connectivity index (χ2v) is 7.19. The van der Waals surface area contributed by atoms with Crippen molar-refractivity contribution in [3.63, 3.8) is 0 Å². The van der Waals surface area contributed by atoms with E-state index in [0.717, 1.165) is 56.1 Å². The zero-order chi connectivity index (χ0) is 18.1. The highest BCUT2D eigenvalue weighted by molar-refractivity contribution is 14.0. The minimum atomic E-state index is -0.131. The monoisotopic (exact) mass is 475 g/mol. The summed E-state index contributed by atoms with van der Waals surface area (Å²) in [6.45, 7) is 8.57. The maximum atomic E-state index is 9.62. The van der Waals surface area contributed by atoms with Crippen LogP contribution >= 0.6 is 24.0 Å². The summed E-state index contributed by atoms with van der Waals surface area (Å²) in [6.07, 6.45) is 3.60. The molecule has 0 atom stereocenters. The highest BCUT2D eigenvalue weighted by Gasteiger charge is 2.19. The molecule has 0 bridgehead atoms. The van der Waals surface area contributed by atoms with E-state index in [-0.39, 0.29) is 30.1 Å². The number of rotatable bonds is 7. The molecule has 148 valence electrons. The molecule has 1 saturated carbocycles. The van der Waals surface area contributed by atoms with Gasteiger partial charge in [-0.05, 0) is 56.2 Å². The molecule has 0 unspecified atom stereocenters. The molecular weight excluding hydrogens is 441 g/mol. The second kappa shape index (κ2) is 12.4. The van der Waals surface area contributed by atoms with Crippen molar-refractivity contribution in [1.29, 1.82) is 0 Å². The van der Waals surface area contributed by atoms with Crippen LogP contribution in [0.5, 0.6) is 5.75 Å². The first-order valence-corrected chi connectivity index (χ1v) is 9.51. The van der Waals surface area contributed by atoms with E-state index in [4.69, 9.17) is 9.73 Å². The van der Waals surface area contributed by atoms with Gasteiger partial charge in [-0.1, -0.05) is 26.0 Å². The predicted molar refractivity (Wildman–Crippen MR) is 118 cm³/mol. The molecule has 0 aromatic heterocycles. The second-order valence-electron chi connectivity index (χ2n) is 7.19. The molecule has 0 radical (unpaired) electrons. The van der Waals surface area contributed by atoms with Gasteiger partial charge in [-0.3, -0.25) is 0 Å². The molecule has 0 amide bonds. The summed E-state index contributed by atoms with van der Waals surface area (Å²) in [6, 6.07) is 8.55. The summed E-state index contributed by atoms with van der Waals surface area (Å²) < 4.78 is 5.71. The Hall–Kier alpha value is -1.02. The fraction of sp³-hybridized carbons (Fsp3) is 0.650. The molecule has 1 aliphatic carbocycles. The van der Waals surface area contributed by atoms with Gasteiger partial charge in [-0.2, -0.15) is 0 Å². The van der Waals surface area contributed by atoms with E-state index >= 15 is 0 Å². The lowest BCUT2D eigenvalue weighted by atomic mass is 9.93. The number of hydrogen-bond acceptors (Lipinski definition) is 3. The topological polar surface area (TPSA) is 65.9 Å². The van der Waals surface area contributed by atoms with Crippen molar-refractivity contribution in [3.8, 4) is 5.75 Å². The van der Waals surface area contributed by atoms with Crippen molar-refractivity contribution in [2.45, 2.75) is 65.1 Å². The Kier molecular flexibility index (Phi) is 11.0. The summed E-state index contributed by atoms with van der Waals surface area (Å²) >= 11 is 0. The minimum absolute atomic E-state index is 0. The van der Waals surface area contributed by atoms with E-state index in [1.807, 2.05) is 12.1 Å². The summed E-state index contributed by atoms with van der Waals surface area (Å²) in [4.78, 5) is 4.69. The Morgan fingerprint density at radius 3 is 2.42 bits per heavy atom. The fourth-order valence-electron chi connectivity index (χ4n) is 2.86. The van der Waals surface area contributed by atoms with Crippen LogP contribution in [0.1, 0.15) is 52.0 Å². The quantitative estimate of drug-likeness (QED) is 0.320. The highest BCUT2D eigenvalue weighted by atomic mass is 127. The van der Waals surface area contributed by atoms with Gasteiger partial charge in [0.05, 0.1) is 19.3 Å². The summed E-state index contributed by atoms with van der Waals surface area (Å²) in [7, 11) is 0. The van der Waals surface area contributed by atoms with Gasteiger partial charge in [-0.15, -0.1) is 24.0 Å². The van der Waals surface area contributed by atoms with Crippen molar-refractivity contribution in [1.82, 2.24) is 10.6 Å². The van der Waals surface area contributed by atoms with Crippen molar-refractivity contribution in [2.24, 2.45) is 10.9 Å². The number of guanidine groups is 1. The molecule has 3 N–H and O–H groups in total. The largest absolute Gasteiger partial charge is 0.493 e. The summed E-state index contributed by atoms with van der Waals surface area (Å²) in [5.41, 5.74) is 1.16. The summed E-state index contributed by atoms with van der Waals surface area (Å²) in [5.74, 6) is 2.29. The van der Waals surface area contributed by atoms with Crippen LogP contribution in [0.4, 0.5) is 0 Å². The number of halogens is 1. The first kappa shape index (κ1) is 23.0. The first-order valence-electron chi connectivity index (χ1n) is 9.51. The number of hydrogen-bond donors (Lipinski definition) is 3. The molecule has 1 aliphatic rings. The van der Waals surface area contributed by atoms with Crippen LogP contribution < -0.4 is 15.4 Å². The van der Waals surface area contributed by atoms with E-state index in [2.05, 4.69) is 43.5 Å². The molecule has 0 heterocycles. The van der Waals surface area contributed by atoms with E-state index in [1.165, 1.54) is 0 Å². The molecule has 2 rings (SSSR count). The van der Waals surface area contributed by atoms with E-state index < -0.39 is 0 Å². The van der Waals surface area contributed by atoms with Crippen LogP contribution in [-0.4, -0.2) is 36.4 Å². The van der Waals surface area contributed by atoms with E-state index in [0.29, 0.717) is 18.5 Å². The third-order valence-electron chi connectivity index (χ3n) is 4.31. The number of aliphatic hydroxyl groups is 1. The number of nitrogens with one attached hydrogen (secondary N) is 2. The molecule has 1 aromatic rings. The average Bonchev–Trinajstić information content (AvgIpc) is 2.61. The molecule has 0 aliphatic heterocycles. The molecule has 26 heavy (non-hydrogen) atoms. The molecule has 6 heteroatoms. The minimum Gasteiger partial charge on any atom is -0.493 e. The van der Waals surface area contributed by atoms with Gasteiger partial charge in [0.1, 0.15) is 5.75 Å². The zero-order valence-electron chi connectivity index (χ0n) is 16.2. The zero-order valence-corrected chi connectivity index (χ0v) is 18.5. The lowest BCUT2D eigenvalue weighted by Crippen LogP contribution is -2.45. The normalized spacial score (nSPS) is 20.4. The van der Waals surface area contributed by atoms with Gasteiger partial charge in [0.25, 0.3) is 0 Å². The van der Waals surface area contributed by atoms with Gasteiger partial charge in [0, 0.05) is 12.6 Å². The highest BCUT2D eigenvalue weighted by Crippen LogP contribution is 2.18. The Labute approximate surface area is 175 Å². The van der Waals surface area contributed by atoms with Crippen molar-refractivity contribution < 1.29 is 9.84 Å². The van der Waals surface area contributed by atoms with Crippen molar-refractivity contribution in [3.05, 3.63) is 29.8 Å².